The minimum atomic E-state index is -4.34. The summed E-state index contributed by atoms with van der Waals surface area (Å²) in [4.78, 5) is 3.79. The van der Waals surface area contributed by atoms with Crippen LogP contribution in [0.2, 0.25) is 0 Å². The number of alkyl halides is 3. The van der Waals surface area contributed by atoms with Gasteiger partial charge in [0.1, 0.15) is 5.75 Å². The summed E-state index contributed by atoms with van der Waals surface area (Å²) >= 11 is 0. The Morgan fingerprint density at radius 1 is 1.38 bits per heavy atom. The second-order valence-corrected chi connectivity index (χ2v) is 3.09. The average Bonchev–Trinajstić information content (AvgIpc) is 2.25. The van der Waals surface area contributed by atoms with E-state index in [1.807, 2.05) is 6.92 Å². The predicted molar refractivity (Wildman–Crippen MR) is 51.7 cm³/mol. The molecule has 1 aromatic heterocycles. The van der Waals surface area contributed by atoms with Crippen LogP contribution in [0.15, 0.2) is 12.3 Å². The zero-order valence-corrected chi connectivity index (χ0v) is 8.97. The first kappa shape index (κ1) is 12.6. The molecule has 0 aliphatic rings. The molecule has 1 aromatic rings. The minimum absolute atomic E-state index is 0.139. The van der Waals surface area contributed by atoms with Crippen LogP contribution in [0.1, 0.15) is 12.5 Å². The Labute approximate surface area is 91.2 Å². The van der Waals surface area contributed by atoms with Gasteiger partial charge in [-0.1, -0.05) is 6.92 Å². The van der Waals surface area contributed by atoms with Crippen molar-refractivity contribution in [3.63, 3.8) is 0 Å². The molecule has 90 valence electrons. The van der Waals surface area contributed by atoms with Gasteiger partial charge >= 0.3 is 6.18 Å². The summed E-state index contributed by atoms with van der Waals surface area (Å²) < 4.78 is 45.4. The molecule has 0 aliphatic carbocycles. The summed E-state index contributed by atoms with van der Waals surface area (Å²) in [5.41, 5.74) is 0.635. The molecular formula is C10H12F3NO2. The number of hydrogen-bond donors (Lipinski definition) is 0. The van der Waals surface area contributed by atoms with Gasteiger partial charge in [-0.2, -0.15) is 13.2 Å². The molecule has 0 saturated heterocycles. The monoisotopic (exact) mass is 235 g/mol. The smallest absolute Gasteiger partial charge is 0.422 e. The topological polar surface area (TPSA) is 31.4 Å². The Bertz CT molecular complexity index is 352. The van der Waals surface area contributed by atoms with Crippen LogP contribution in [-0.2, 0) is 6.42 Å². The number of pyridine rings is 1. The highest BCUT2D eigenvalue weighted by molar-refractivity contribution is 5.34. The summed E-state index contributed by atoms with van der Waals surface area (Å²) in [6.45, 7) is 0.503. The van der Waals surface area contributed by atoms with Crippen LogP contribution >= 0.6 is 0 Å². The third-order valence-corrected chi connectivity index (χ3v) is 1.90. The van der Waals surface area contributed by atoms with Gasteiger partial charge in [0, 0.05) is 11.6 Å². The zero-order chi connectivity index (χ0) is 12.2. The van der Waals surface area contributed by atoms with Gasteiger partial charge in [0.15, 0.2) is 6.61 Å². The molecule has 0 atom stereocenters. The number of aromatic nitrogens is 1. The van der Waals surface area contributed by atoms with E-state index in [1.54, 1.807) is 6.07 Å². The van der Waals surface area contributed by atoms with E-state index in [-0.39, 0.29) is 5.75 Å². The molecule has 0 bridgehead atoms. The van der Waals surface area contributed by atoms with E-state index < -0.39 is 12.8 Å². The molecule has 0 radical (unpaired) electrons. The lowest BCUT2D eigenvalue weighted by atomic mass is 10.2. The predicted octanol–water partition coefficient (Wildman–Crippen LogP) is 2.59. The molecule has 0 saturated carbocycles. The molecular weight excluding hydrogens is 223 g/mol. The van der Waals surface area contributed by atoms with Crippen molar-refractivity contribution in [1.82, 2.24) is 4.98 Å². The van der Waals surface area contributed by atoms with E-state index >= 15 is 0 Å². The maximum atomic E-state index is 12.0. The summed E-state index contributed by atoms with van der Waals surface area (Å²) in [5.74, 6) is 0.497. The highest BCUT2D eigenvalue weighted by atomic mass is 19.4. The molecule has 0 fully saturated rings. The average molecular weight is 235 g/mol. The Morgan fingerprint density at radius 2 is 2.06 bits per heavy atom. The number of aryl methyl sites for hydroxylation is 1. The second-order valence-electron chi connectivity index (χ2n) is 3.09. The van der Waals surface area contributed by atoms with Gasteiger partial charge in [0.25, 0.3) is 0 Å². The number of nitrogens with zero attached hydrogens (tertiary/aromatic N) is 1. The molecule has 0 amide bonds. The van der Waals surface area contributed by atoms with Crippen LogP contribution < -0.4 is 9.47 Å². The van der Waals surface area contributed by atoms with Gasteiger partial charge in [-0.25, -0.2) is 4.98 Å². The van der Waals surface area contributed by atoms with Crippen molar-refractivity contribution >= 4 is 0 Å². The Morgan fingerprint density at radius 3 is 2.56 bits per heavy atom. The van der Waals surface area contributed by atoms with Crippen molar-refractivity contribution in [2.45, 2.75) is 19.5 Å². The van der Waals surface area contributed by atoms with Crippen molar-refractivity contribution in [2.75, 3.05) is 13.7 Å². The Balaban J connectivity index is 2.79. The van der Waals surface area contributed by atoms with Gasteiger partial charge < -0.3 is 9.47 Å². The van der Waals surface area contributed by atoms with Crippen molar-refractivity contribution in [3.05, 3.63) is 17.8 Å². The van der Waals surface area contributed by atoms with E-state index in [0.29, 0.717) is 17.9 Å². The second kappa shape index (κ2) is 5.05. The van der Waals surface area contributed by atoms with E-state index in [4.69, 9.17) is 4.74 Å². The molecule has 0 aromatic carbocycles. The van der Waals surface area contributed by atoms with Crippen LogP contribution in [0.4, 0.5) is 13.2 Å². The van der Waals surface area contributed by atoms with Crippen LogP contribution in [-0.4, -0.2) is 24.9 Å². The molecule has 0 spiro atoms. The molecule has 16 heavy (non-hydrogen) atoms. The SMILES string of the molecule is CCc1cc(OC)ncc1OCC(F)(F)F. The van der Waals surface area contributed by atoms with Gasteiger partial charge in [-0.15, -0.1) is 0 Å². The molecule has 0 aliphatic heterocycles. The van der Waals surface area contributed by atoms with Crippen LogP contribution in [0.3, 0.4) is 0 Å². The van der Waals surface area contributed by atoms with Crippen molar-refractivity contribution in [1.29, 1.82) is 0 Å². The zero-order valence-electron chi connectivity index (χ0n) is 8.97. The molecule has 6 heteroatoms. The fourth-order valence-electron chi connectivity index (χ4n) is 1.14. The first-order valence-corrected chi connectivity index (χ1v) is 4.68. The first-order chi connectivity index (χ1) is 7.46. The van der Waals surface area contributed by atoms with E-state index in [2.05, 4.69) is 9.72 Å². The van der Waals surface area contributed by atoms with Crippen LogP contribution in [0, 0.1) is 0 Å². The van der Waals surface area contributed by atoms with E-state index in [1.165, 1.54) is 13.3 Å². The lowest BCUT2D eigenvalue weighted by Crippen LogP contribution is -2.19. The van der Waals surface area contributed by atoms with Gasteiger partial charge in [0.2, 0.25) is 5.88 Å². The van der Waals surface area contributed by atoms with Crippen LogP contribution in [0.25, 0.3) is 0 Å². The van der Waals surface area contributed by atoms with Crippen LogP contribution in [0.5, 0.6) is 11.6 Å². The molecule has 1 heterocycles. The summed E-state index contributed by atoms with van der Waals surface area (Å²) in [6, 6.07) is 1.56. The van der Waals surface area contributed by atoms with Crippen molar-refractivity contribution < 1.29 is 22.6 Å². The number of halogens is 3. The molecule has 3 nitrogen and oxygen atoms in total. The summed E-state index contributed by atoms with van der Waals surface area (Å²) in [5, 5.41) is 0. The normalized spacial score (nSPS) is 11.3. The quantitative estimate of drug-likeness (QED) is 0.803. The summed E-state index contributed by atoms with van der Waals surface area (Å²) in [7, 11) is 1.44. The Hall–Kier alpha value is -1.46. The van der Waals surface area contributed by atoms with Crippen molar-refractivity contribution in [3.8, 4) is 11.6 Å². The van der Waals surface area contributed by atoms with Crippen molar-refractivity contribution in [2.24, 2.45) is 0 Å². The minimum Gasteiger partial charge on any atom is -0.482 e. The highest BCUT2D eigenvalue weighted by Gasteiger charge is 2.28. The number of ether oxygens (including phenoxy) is 2. The third kappa shape index (κ3) is 3.60. The summed E-state index contributed by atoms with van der Waals surface area (Å²) in [6.07, 6.45) is -2.56. The largest absolute Gasteiger partial charge is 0.482 e. The number of rotatable bonds is 4. The third-order valence-electron chi connectivity index (χ3n) is 1.90. The van der Waals surface area contributed by atoms with Gasteiger partial charge in [0.05, 0.1) is 13.3 Å². The molecule has 0 unspecified atom stereocenters. The maximum Gasteiger partial charge on any atom is 0.422 e. The van der Waals surface area contributed by atoms with Gasteiger partial charge in [-0.3, -0.25) is 0 Å². The molecule has 1 rings (SSSR count). The molecule has 0 N–H and O–H groups in total. The fraction of sp³-hybridized carbons (Fsp3) is 0.500. The van der Waals surface area contributed by atoms with E-state index in [9.17, 15) is 13.2 Å². The standard InChI is InChI=1S/C10H12F3NO2/c1-3-7-4-9(15-2)14-5-8(7)16-6-10(11,12)13/h4-5H,3,6H2,1-2H3. The van der Waals surface area contributed by atoms with E-state index in [0.717, 1.165) is 0 Å². The number of methoxy groups -OCH3 is 1. The maximum absolute atomic E-state index is 12.0. The first-order valence-electron chi connectivity index (χ1n) is 4.68. The lowest BCUT2D eigenvalue weighted by molar-refractivity contribution is -0.153. The lowest BCUT2D eigenvalue weighted by Gasteiger charge is -2.12. The fourth-order valence-corrected chi connectivity index (χ4v) is 1.14. The highest BCUT2D eigenvalue weighted by Crippen LogP contribution is 2.24. The van der Waals surface area contributed by atoms with Gasteiger partial charge in [-0.05, 0) is 6.42 Å². The number of hydrogen-bond acceptors (Lipinski definition) is 3. The Kier molecular flexibility index (Phi) is 3.98.